The van der Waals surface area contributed by atoms with Gasteiger partial charge in [0.05, 0.1) is 12.8 Å². The second kappa shape index (κ2) is 9.67. The fourth-order valence-electron chi connectivity index (χ4n) is 2.96. The van der Waals surface area contributed by atoms with Gasteiger partial charge in [-0.1, -0.05) is 6.07 Å². The molecule has 0 fully saturated rings. The summed E-state index contributed by atoms with van der Waals surface area (Å²) in [4.78, 5) is 24.4. The van der Waals surface area contributed by atoms with E-state index in [1.807, 2.05) is 6.92 Å². The van der Waals surface area contributed by atoms with E-state index in [0.717, 1.165) is 52.1 Å². The number of aryl methyl sites for hydroxylation is 2. The van der Waals surface area contributed by atoms with Crippen LogP contribution >= 0.6 is 11.3 Å². The van der Waals surface area contributed by atoms with Crippen LogP contribution in [0.2, 0.25) is 0 Å². The molecule has 0 bridgehead atoms. The largest absolute Gasteiger partial charge is 0.465 e. The first-order valence-corrected chi connectivity index (χ1v) is 11.9. The van der Waals surface area contributed by atoms with Crippen LogP contribution in [-0.4, -0.2) is 33.9 Å². The van der Waals surface area contributed by atoms with Gasteiger partial charge in [0.1, 0.15) is 16.3 Å². The van der Waals surface area contributed by atoms with E-state index in [1.165, 1.54) is 17.5 Å². The minimum absolute atomic E-state index is 0.0397. The highest BCUT2D eigenvalue weighted by Gasteiger charge is 2.32. The third-order valence-corrected chi connectivity index (χ3v) is 7.68. The van der Waals surface area contributed by atoms with Crippen molar-refractivity contribution in [3.8, 4) is 0 Å². The highest BCUT2D eigenvalue weighted by Crippen LogP contribution is 2.30. The molecule has 2 aromatic carbocycles. The van der Waals surface area contributed by atoms with Crippen LogP contribution < -0.4 is 9.62 Å². The van der Waals surface area contributed by atoms with Gasteiger partial charge in [-0.15, -0.1) is 11.3 Å². The lowest BCUT2D eigenvalue weighted by Crippen LogP contribution is -2.38. The summed E-state index contributed by atoms with van der Waals surface area (Å²) in [5.74, 6) is -3.86. The van der Waals surface area contributed by atoms with Crippen LogP contribution in [0.3, 0.4) is 0 Å². The summed E-state index contributed by atoms with van der Waals surface area (Å²) in [7, 11) is -3.25. The van der Waals surface area contributed by atoms with Crippen molar-refractivity contribution in [3.05, 3.63) is 75.5 Å². The first-order valence-electron chi connectivity index (χ1n) is 9.55. The Labute approximate surface area is 193 Å². The van der Waals surface area contributed by atoms with Gasteiger partial charge in [0.15, 0.2) is 11.6 Å². The van der Waals surface area contributed by atoms with Crippen LogP contribution in [0.25, 0.3) is 0 Å². The Bertz CT molecular complexity index is 1320. The Balaban J connectivity index is 2.02. The molecule has 33 heavy (non-hydrogen) atoms. The molecule has 0 saturated carbocycles. The molecule has 7 nitrogen and oxygen atoms in total. The lowest BCUT2D eigenvalue weighted by atomic mass is 10.1. The Morgan fingerprint density at radius 1 is 1.03 bits per heavy atom. The number of hydrogen-bond donors (Lipinski definition) is 1. The Morgan fingerprint density at radius 3 is 2.39 bits per heavy atom. The zero-order chi connectivity index (χ0) is 24.3. The van der Waals surface area contributed by atoms with Gasteiger partial charge in [0.25, 0.3) is 10.0 Å². The number of rotatable bonds is 7. The second-order valence-corrected chi connectivity index (χ2v) is 9.81. The molecule has 0 spiro atoms. The molecule has 11 heteroatoms. The lowest BCUT2D eigenvalue weighted by Gasteiger charge is -2.24. The van der Waals surface area contributed by atoms with Crippen molar-refractivity contribution in [1.82, 2.24) is 0 Å². The van der Waals surface area contributed by atoms with Crippen molar-refractivity contribution >= 4 is 44.6 Å². The third kappa shape index (κ3) is 5.20. The number of amides is 1. The number of halogens is 2. The molecule has 1 N–H and O–H groups in total. The highest BCUT2D eigenvalue weighted by molar-refractivity contribution is 7.93. The van der Waals surface area contributed by atoms with Crippen molar-refractivity contribution in [1.29, 1.82) is 0 Å². The standard InChI is InChI=1S/C22H20F2N2O5S2/c1-13-4-6-16(10-14(13)2)26(12-20(27)25-15-5-7-17(23)18(24)11-15)33(29,30)19-8-9-32-21(19)22(28)31-3/h4-11H,12H2,1-3H3,(H,25,27). The maximum absolute atomic E-state index is 13.6. The van der Waals surface area contributed by atoms with Gasteiger partial charge in [-0.2, -0.15) is 0 Å². The smallest absolute Gasteiger partial charge is 0.349 e. The molecule has 3 aromatic rings. The predicted molar refractivity (Wildman–Crippen MR) is 121 cm³/mol. The average molecular weight is 495 g/mol. The van der Waals surface area contributed by atoms with Gasteiger partial charge in [-0.3, -0.25) is 9.10 Å². The average Bonchev–Trinajstić information content (AvgIpc) is 3.27. The van der Waals surface area contributed by atoms with Crippen LogP contribution in [0, 0.1) is 25.5 Å². The van der Waals surface area contributed by atoms with Crippen LogP contribution in [0.15, 0.2) is 52.7 Å². The summed E-state index contributed by atoms with van der Waals surface area (Å²) in [6.07, 6.45) is 0. The van der Waals surface area contributed by atoms with E-state index < -0.39 is 40.1 Å². The molecule has 1 amide bonds. The fourth-order valence-corrected chi connectivity index (χ4v) is 5.69. The molecule has 1 aromatic heterocycles. The molecule has 0 saturated heterocycles. The number of carbonyl (C=O) groups is 2. The predicted octanol–water partition coefficient (Wildman–Crippen LogP) is 4.26. The minimum Gasteiger partial charge on any atom is -0.465 e. The number of methoxy groups -OCH3 is 1. The van der Waals surface area contributed by atoms with E-state index in [-0.39, 0.29) is 21.1 Å². The molecule has 174 valence electrons. The molecule has 3 rings (SSSR count). The second-order valence-electron chi connectivity index (χ2n) is 7.06. The van der Waals surface area contributed by atoms with Crippen molar-refractivity contribution in [2.75, 3.05) is 23.3 Å². The van der Waals surface area contributed by atoms with Crippen molar-refractivity contribution in [3.63, 3.8) is 0 Å². The number of nitrogens with zero attached hydrogens (tertiary/aromatic N) is 1. The molecule has 0 atom stereocenters. The Morgan fingerprint density at radius 2 is 1.76 bits per heavy atom. The van der Waals surface area contributed by atoms with E-state index >= 15 is 0 Å². The number of thiophene rings is 1. The zero-order valence-corrected chi connectivity index (χ0v) is 19.5. The highest BCUT2D eigenvalue weighted by atomic mass is 32.2. The van der Waals surface area contributed by atoms with E-state index in [4.69, 9.17) is 0 Å². The summed E-state index contributed by atoms with van der Waals surface area (Å²) in [6, 6.07) is 8.88. The summed E-state index contributed by atoms with van der Waals surface area (Å²) in [6.45, 7) is 2.96. The maximum Gasteiger partial charge on any atom is 0.349 e. The van der Waals surface area contributed by atoms with Gasteiger partial charge in [0.2, 0.25) is 5.91 Å². The molecule has 0 unspecified atom stereocenters. The van der Waals surface area contributed by atoms with Gasteiger partial charge >= 0.3 is 5.97 Å². The Hall–Kier alpha value is -3.31. The van der Waals surface area contributed by atoms with Gasteiger partial charge in [-0.25, -0.2) is 22.0 Å². The van der Waals surface area contributed by atoms with E-state index in [0.29, 0.717) is 0 Å². The number of nitrogens with one attached hydrogen (secondary N) is 1. The lowest BCUT2D eigenvalue weighted by molar-refractivity contribution is -0.114. The van der Waals surface area contributed by atoms with Gasteiger partial charge in [0, 0.05) is 11.8 Å². The number of benzene rings is 2. The van der Waals surface area contributed by atoms with Crippen LogP contribution in [0.4, 0.5) is 20.2 Å². The van der Waals surface area contributed by atoms with Crippen molar-refractivity contribution < 1.29 is 31.5 Å². The number of carbonyl (C=O) groups excluding carboxylic acids is 2. The SMILES string of the molecule is COC(=O)c1sccc1S(=O)(=O)N(CC(=O)Nc1ccc(F)c(F)c1)c1ccc(C)c(C)c1. The van der Waals surface area contributed by atoms with E-state index in [9.17, 15) is 26.8 Å². The topological polar surface area (TPSA) is 92.8 Å². The molecule has 0 radical (unpaired) electrons. The Kier molecular flexibility index (Phi) is 7.13. The molecule has 0 aliphatic carbocycles. The van der Waals surface area contributed by atoms with Gasteiger partial charge < -0.3 is 10.1 Å². The van der Waals surface area contributed by atoms with Crippen LogP contribution in [0.1, 0.15) is 20.8 Å². The number of hydrogen-bond acceptors (Lipinski definition) is 6. The molecule has 1 heterocycles. The van der Waals surface area contributed by atoms with E-state index in [1.54, 1.807) is 19.1 Å². The normalized spacial score (nSPS) is 11.2. The van der Waals surface area contributed by atoms with Gasteiger partial charge in [-0.05, 0) is 60.7 Å². The minimum atomic E-state index is -4.38. The van der Waals surface area contributed by atoms with Crippen molar-refractivity contribution in [2.24, 2.45) is 0 Å². The first-order chi connectivity index (χ1) is 15.5. The number of sulfonamides is 1. The molecular weight excluding hydrogens is 474 g/mol. The molecule has 0 aliphatic rings. The summed E-state index contributed by atoms with van der Waals surface area (Å²) in [5.41, 5.74) is 1.85. The summed E-state index contributed by atoms with van der Waals surface area (Å²) in [5, 5.41) is 3.79. The van der Waals surface area contributed by atoms with Crippen molar-refractivity contribution in [2.45, 2.75) is 18.7 Å². The van der Waals surface area contributed by atoms with Crippen LogP contribution in [0.5, 0.6) is 0 Å². The number of ether oxygens (including phenoxy) is 1. The first kappa shape index (κ1) is 24.3. The zero-order valence-electron chi connectivity index (χ0n) is 17.9. The van der Waals surface area contributed by atoms with Crippen LogP contribution in [-0.2, 0) is 19.6 Å². The number of esters is 1. The molecular formula is C22H20F2N2O5S2. The fraction of sp³-hybridized carbons (Fsp3) is 0.182. The summed E-state index contributed by atoms with van der Waals surface area (Å²) < 4.78 is 59.3. The quantitative estimate of drug-likeness (QED) is 0.496. The monoisotopic (exact) mass is 494 g/mol. The maximum atomic E-state index is 13.6. The van der Waals surface area contributed by atoms with E-state index in [2.05, 4.69) is 10.1 Å². The number of anilines is 2. The third-order valence-electron chi connectivity index (χ3n) is 4.84. The molecule has 0 aliphatic heterocycles. The summed E-state index contributed by atoms with van der Waals surface area (Å²) >= 11 is 0.894.